The maximum atomic E-state index is 12.8. The molecule has 0 aliphatic carbocycles. The predicted octanol–water partition coefficient (Wildman–Crippen LogP) is 5.51. The molecule has 0 saturated carbocycles. The standard InChI is InChI=1S/C24H27NO2/c1-17(2)16-22(20-11-5-4-6-12-20)25-24(26)18(3)27-23-15-9-13-19-10-7-8-14-21(19)23/h4-15,17-18,22H,16H2,1-3H3,(H,25,26)/t18-,22+/m1/s1. The second kappa shape index (κ2) is 8.72. The summed E-state index contributed by atoms with van der Waals surface area (Å²) in [6.07, 6.45) is 0.311. The van der Waals surface area contributed by atoms with Gasteiger partial charge in [-0.15, -0.1) is 0 Å². The van der Waals surface area contributed by atoms with Crippen LogP contribution in [0.5, 0.6) is 5.75 Å². The Morgan fingerprint density at radius 3 is 2.30 bits per heavy atom. The molecule has 0 radical (unpaired) electrons. The SMILES string of the molecule is CC(C)C[C@H](NC(=O)[C@@H](C)Oc1cccc2ccccc12)c1ccccc1. The molecule has 1 N–H and O–H groups in total. The lowest BCUT2D eigenvalue weighted by molar-refractivity contribution is -0.128. The highest BCUT2D eigenvalue weighted by Crippen LogP contribution is 2.26. The number of hydrogen-bond donors (Lipinski definition) is 1. The van der Waals surface area contributed by atoms with E-state index in [0.29, 0.717) is 5.92 Å². The molecule has 0 aliphatic rings. The fourth-order valence-corrected chi connectivity index (χ4v) is 3.27. The summed E-state index contributed by atoms with van der Waals surface area (Å²) in [7, 11) is 0. The van der Waals surface area contributed by atoms with E-state index in [1.807, 2.05) is 60.7 Å². The summed E-state index contributed by atoms with van der Waals surface area (Å²) in [6, 6.07) is 24.0. The summed E-state index contributed by atoms with van der Waals surface area (Å²) in [5, 5.41) is 5.29. The van der Waals surface area contributed by atoms with Crippen LogP contribution in [-0.2, 0) is 4.79 Å². The third-order valence-corrected chi connectivity index (χ3v) is 4.65. The molecule has 1 amide bonds. The Bertz CT molecular complexity index is 884. The van der Waals surface area contributed by atoms with Crippen molar-refractivity contribution in [3.05, 3.63) is 78.4 Å². The molecule has 3 nitrogen and oxygen atoms in total. The van der Waals surface area contributed by atoms with E-state index >= 15 is 0 Å². The van der Waals surface area contributed by atoms with Crippen molar-refractivity contribution in [1.29, 1.82) is 0 Å². The van der Waals surface area contributed by atoms with Crippen LogP contribution in [-0.4, -0.2) is 12.0 Å². The highest BCUT2D eigenvalue weighted by atomic mass is 16.5. The Balaban J connectivity index is 1.73. The first-order chi connectivity index (χ1) is 13.0. The van der Waals surface area contributed by atoms with Gasteiger partial charge in [0.25, 0.3) is 5.91 Å². The van der Waals surface area contributed by atoms with E-state index in [4.69, 9.17) is 4.74 Å². The topological polar surface area (TPSA) is 38.3 Å². The van der Waals surface area contributed by atoms with Gasteiger partial charge in [0, 0.05) is 5.39 Å². The summed E-state index contributed by atoms with van der Waals surface area (Å²) < 4.78 is 6.02. The van der Waals surface area contributed by atoms with Crippen molar-refractivity contribution in [1.82, 2.24) is 5.32 Å². The molecule has 3 aromatic rings. The summed E-state index contributed by atoms with van der Waals surface area (Å²) in [4.78, 5) is 12.8. The van der Waals surface area contributed by atoms with E-state index in [2.05, 4.69) is 31.3 Å². The molecule has 0 bridgehead atoms. The van der Waals surface area contributed by atoms with Crippen LogP contribution in [0.4, 0.5) is 0 Å². The molecule has 0 fully saturated rings. The van der Waals surface area contributed by atoms with Crippen molar-refractivity contribution >= 4 is 16.7 Å². The average Bonchev–Trinajstić information content (AvgIpc) is 2.68. The number of amides is 1. The second-order valence-corrected chi connectivity index (χ2v) is 7.34. The average molecular weight is 361 g/mol. The first-order valence-corrected chi connectivity index (χ1v) is 9.54. The summed E-state index contributed by atoms with van der Waals surface area (Å²) in [5.41, 5.74) is 1.12. The molecule has 0 aromatic heterocycles. The summed E-state index contributed by atoms with van der Waals surface area (Å²) in [5.74, 6) is 1.11. The minimum atomic E-state index is -0.575. The van der Waals surface area contributed by atoms with Crippen LogP contribution >= 0.6 is 0 Å². The fourth-order valence-electron chi connectivity index (χ4n) is 3.27. The van der Waals surface area contributed by atoms with Gasteiger partial charge in [-0.25, -0.2) is 0 Å². The lowest BCUT2D eigenvalue weighted by Gasteiger charge is -2.24. The Hall–Kier alpha value is -2.81. The smallest absolute Gasteiger partial charge is 0.261 e. The van der Waals surface area contributed by atoms with Gasteiger partial charge in [-0.3, -0.25) is 4.79 Å². The van der Waals surface area contributed by atoms with E-state index < -0.39 is 6.10 Å². The molecule has 140 valence electrons. The molecular formula is C24H27NO2. The summed E-state index contributed by atoms with van der Waals surface area (Å²) in [6.45, 7) is 6.13. The third kappa shape index (κ3) is 4.88. The largest absolute Gasteiger partial charge is 0.480 e. The number of hydrogen-bond acceptors (Lipinski definition) is 2. The molecule has 0 unspecified atom stereocenters. The van der Waals surface area contributed by atoms with Crippen LogP contribution in [0.15, 0.2) is 72.8 Å². The molecule has 0 spiro atoms. The summed E-state index contributed by atoms with van der Waals surface area (Å²) >= 11 is 0. The van der Waals surface area contributed by atoms with Gasteiger partial charge < -0.3 is 10.1 Å². The van der Waals surface area contributed by atoms with Gasteiger partial charge in [-0.1, -0.05) is 80.6 Å². The number of carbonyl (C=O) groups excluding carboxylic acids is 1. The van der Waals surface area contributed by atoms with Crippen LogP contribution in [0.2, 0.25) is 0 Å². The van der Waals surface area contributed by atoms with E-state index in [1.54, 1.807) is 6.92 Å². The van der Waals surface area contributed by atoms with Gasteiger partial charge in [-0.2, -0.15) is 0 Å². The van der Waals surface area contributed by atoms with Gasteiger partial charge >= 0.3 is 0 Å². The maximum Gasteiger partial charge on any atom is 0.261 e. The zero-order chi connectivity index (χ0) is 19.2. The van der Waals surface area contributed by atoms with E-state index in [0.717, 1.165) is 28.5 Å². The minimum absolute atomic E-state index is 0.0164. The van der Waals surface area contributed by atoms with Crippen LogP contribution in [0.1, 0.15) is 38.8 Å². The molecule has 27 heavy (non-hydrogen) atoms. The molecule has 3 heteroatoms. The van der Waals surface area contributed by atoms with Crippen molar-refractivity contribution < 1.29 is 9.53 Å². The molecule has 2 atom stereocenters. The molecule has 0 heterocycles. The number of nitrogens with one attached hydrogen (secondary N) is 1. The van der Waals surface area contributed by atoms with E-state index in [1.165, 1.54) is 0 Å². The van der Waals surface area contributed by atoms with Gasteiger partial charge in [0.15, 0.2) is 6.10 Å². The second-order valence-electron chi connectivity index (χ2n) is 7.34. The Morgan fingerprint density at radius 1 is 0.889 bits per heavy atom. The lowest BCUT2D eigenvalue weighted by atomic mass is 9.97. The Kier molecular flexibility index (Phi) is 6.12. The highest BCUT2D eigenvalue weighted by molar-refractivity contribution is 5.89. The van der Waals surface area contributed by atoms with E-state index in [-0.39, 0.29) is 11.9 Å². The zero-order valence-corrected chi connectivity index (χ0v) is 16.2. The maximum absolute atomic E-state index is 12.8. The normalized spacial score (nSPS) is 13.3. The minimum Gasteiger partial charge on any atom is -0.480 e. The van der Waals surface area contributed by atoms with Crippen LogP contribution in [0, 0.1) is 5.92 Å². The van der Waals surface area contributed by atoms with Crippen molar-refractivity contribution in [2.24, 2.45) is 5.92 Å². The van der Waals surface area contributed by atoms with Gasteiger partial charge in [0.1, 0.15) is 5.75 Å². The number of ether oxygens (including phenoxy) is 1. The van der Waals surface area contributed by atoms with Crippen molar-refractivity contribution in [2.45, 2.75) is 39.3 Å². The van der Waals surface area contributed by atoms with Gasteiger partial charge in [-0.05, 0) is 36.3 Å². The first kappa shape index (κ1) is 19.0. The Labute approximate surface area is 161 Å². The molecular weight excluding hydrogens is 334 g/mol. The highest BCUT2D eigenvalue weighted by Gasteiger charge is 2.21. The molecule has 0 aliphatic heterocycles. The number of rotatable bonds is 7. The van der Waals surface area contributed by atoms with Gasteiger partial charge in [0.2, 0.25) is 0 Å². The Morgan fingerprint density at radius 2 is 1.56 bits per heavy atom. The van der Waals surface area contributed by atoms with Gasteiger partial charge in [0.05, 0.1) is 6.04 Å². The number of fused-ring (bicyclic) bond motifs is 1. The van der Waals surface area contributed by atoms with E-state index in [9.17, 15) is 4.79 Å². The third-order valence-electron chi connectivity index (χ3n) is 4.65. The quantitative estimate of drug-likeness (QED) is 0.602. The number of benzene rings is 3. The van der Waals surface area contributed by atoms with Crippen LogP contribution in [0.25, 0.3) is 10.8 Å². The zero-order valence-electron chi connectivity index (χ0n) is 16.2. The van der Waals surface area contributed by atoms with Crippen molar-refractivity contribution in [2.75, 3.05) is 0 Å². The van der Waals surface area contributed by atoms with Crippen LogP contribution in [0.3, 0.4) is 0 Å². The monoisotopic (exact) mass is 361 g/mol. The lowest BCUT2D eigenvalue weighted by Crippen LogP contribution is -2.39. The predicted molar refractivity (Wildman–Crippen MR) is 111 cm³/mol. The van der Waals surface area contributed by atoms with Crippen molar-refractivity contribution in [3.8, 4) is 5.75 Å². The fraction of sp³-hybridized carbons (Fsp3) is 0.292. The first-order valence-electron chi connectivity index (χ1n) is 9.54. The molecule has 3 aromatic carbocycles. The van der Waals surface area contributed by atoms with Crippen LogP contribution < -0.4 is 10.1 Å². The number of carbonyl (C=O) groups is 1. The molecule has 3 rings (SSSR count). The molecule has 0 saturated heterocycles. The van der Waals surface area contributed by atoms with Crippen molar-refractivity contribution in [3.63, 3.8) is 0 Å².